The molecular formula is C9H16O3. The van der Waals surface area contributed by atoms with Gasteiger partial charge in [-0.1, -0.05) is 6.08 Å². The first-order valence-corrected chi connectivity index (χ1v) is 4.17. The zero-order valence-electron chi connectivity index (χ0n) is 7.62. The summed E-state index contributed by atoms with van der Waals surface area (Å²) >= 11 is 0. The SMILES string of the molecule is C=C[C@@H](O)[C@H]1CCOC(C)(C)O1. The van der Waals surface area contributed by atoms with E-state index in [1.807, 2.05) is 13.8 Å². The Morgan fingerprint density at radius 2 is 2.33 bits per heavy atom. The third-order valence-electron chi connectivity index (χ3n) is 1.91. The molecule has 0 aromatic carbocycles. The van der Waals surface area contributed by atoms with Crippen molar-refractivity contribution in [2.24, 2.45) is 0 Å². The van der Waals surface area contributed by atoms with Crippen LogP contribution in [0, 0.1) is 0 Å². The molecule has 0 unspecified atom stereocenters. The molecule has 0 aromatic heterocycles. The van der Waals surface area contributed by atoms with Gasteiger partial charge in [-0.25, -0.2) is 0 Å². The molecule has 12 heavy (non-hydrogen) atoms. The summed E-state index contributed by atoms with van der Waals surface area (Å²) in [7, 11) is 0. The van der Waals surface area contributed by atoms with Crippen LogP contribution in [0.5, 0.6) is 0 Å². The van der Waals surface area contributed by atoms with Gasteiger partial charge >= 0.3 is 0 Å². The molecule has 1 fully saturated rings. The summed E-state index contributed by atoms with van der Waals surface area (Å²) in [4.78, 5) is 0. The van der Waals surface area contributed by atoms with Crippen molar-refractivity contribution in [3.8, 4) is 0 Å². The van der Waals surface area contributed by atoms with Crippen LogP contribution >= 0.6 is 0 Å². The molecule has 0 radical (unpaired) electrons. The highest BCUT2D eigenvalue weighted by Crippen LogP contribution is 2.23. The molecule has 1 N–H and O–H groups in total. The molecule has 0 amide bonds. The summed E-state index contributed by atoms with van der Waals surface area (Å²) < 4.78 is 10.8. The molecule has 70 valence electrons. The van der Waals surface area contributed by atoms with E-state index in [4.69, 9.17) is 9.47 Å². The van der Waals surface area contributed by atoms with Gasteiger partial charge in [0.05, 0.1) is 18.8 Å². The molecule has 0 aliphatic carbocycles. The van der Waals surface area contributed by atoms with Crippen LogP contribution in [0.25, 0.3) is 0 Å². The molecule has 1 aliphatic heterocycles. The molecule has 3 heteroatoms. The van der Waals surface area contributed by atoms with E-state index < -0.39 is 11.9 Å². The smallest absolute Gasteiger partial charge is 0.163 e. The maximum absolute atomic E-state index is 9.42. The summed E-state index contributed by atoms with van der Waals surface area (Å²) in [5.41, 5.74) is 0. The number of ether oxygens (including phenoxy) is 2. The number of aliphatic hydroxyl groups excluding tert-OH is 1. The Labute approximate surface area is 73.0 Å². The highest BCUT2D eigenvalue weighted by molar-refractivity contribution is 4.87. The maximum atomic E-state index is 9.42. The summed E-state index contributed by atoms with van der Waals surface area (Å²) in [5.74, 6) is -0.576. The molecule has 2 atom stereocenters. The van der Waals surface area contributed by atoms with Crippen LogP contribution in [0.4, 0.5) is 0 Å². The molecule has 3 nitrogen and oxygen atoms in total. The highest BCUT2D eigenvalue weighted by Gasteiger charge is 2.32. The van der Waals surface area contributed by atoms with E-state index in [0.717, 1.165) is 6.42 Å². The fourth-order valence-corrected chi connectivity index (χ4v) is 1.27. The molecule has 1 heterocycles. The third-order valence-corrected chi connectivity index (χ3v) is 1.91. The predicted molar refractivity (Wildman–Crippen MR) is 45.7 cm³/mol. The van der Waals surface area contributed by atoms with Crippen LogP contribution in [0.1, 0.15) is 20.3 Å². The minimum atomic E-state index is -0.590. The lowest BCUT2D eigenvalue weighted by molar-refractivity contribution is -0.284. The summed E-state index contributed by atoms with van der Waals surface area (Å²) in [6.07, 6.45) is 1.45. The van der Waals surface area contributed by atoms with Crippen LogP contribution in [0.15, 0.2) is 12.7 Å². The summed E-state index contributed by atoms with van der Waals surface area (Å²) in [6, 6.07) is 0. The normalized spacial score (nSPS) is 31.1. The van der Waals surface area contributed by atoms with E-state index in [-0.39, 0.29) is 6.10 Å². The average Bonchev–Trinajstić information content (AvgIpc) is 2.01. The number of hydrogen-bond donors (Lipinski definition) is 1. The lowest BCUT2D eigenvalue weighted by Gasteiger charge is -2.37. The van der Waals surface area contributed by atoms with Crippen molar-refractivity contribution in [2.45, 2.75) is 38.3 Å². The number of rotatable bonds is 2. The first-order chi connectivity index (χ1) is 5.55. The van der Waals surface area contributed by atoms with Crippen molar-refractivity contribution in [3.63, 3.8) is 0 Å². The minimum Gasteiger partial charge on any atom is -0.386 e. The second-order valence-corrected chi connectivity index (χ2v) is 3.42. The van der Waals surface area contributed by atoms with Crippen molar-refractivity contribution < 1.29 is 14.6 Å². The van der Waals surface area contributed by atoms with Gasteiger partial charge in [0, 0.05) is 6.42 Å². The average molecular weight is 172 g/mol. The second kappa shape index (κ2) is 3.56. The molecular weight excluding hydrogens is 156 g/mol. The van der Waals surface area contributed by atoms with Crippen LogP contribution < -0.4 is 0 Å². The van der Waals surface area contributed by atoms with Crippen molar-refractivity contribution in [2.75, 3.05) is 6.61 Å². The Hall–Kier alpha value is -0.380. The Balaban J connectivity index is 2.51. The topological polar surface area (TPSA) is 38.7 Å². The number of hydrogen-bond acceptors (Lipinski definition) is 3. The van der Waals surface area contributed by atoms with Gasteiger partial charge in [0.2, 0.25) is 0 Å². The van der Waals surface area contributed by atoms with Crippen molar-refractivity contribution in [1.82, 2.24) is 0 Å². The molecule has 0 spiro atoms. The molecule has 1 saturated heterocycles. The van der Waals surface area contributed by atoms with Crippen molar-refractivity contribution in [3.05, 3.63) is 12.7 Å². The fourth-order valence-electron chi connectivity index (χ4n) is 1.27. The lowest BCUT2D eigenvalue weighted by Crippen LogP contribution is -2.44. The van der Waals surface area contributed by atoms with Gasteiger partial charge in [-0.05, 0) is 13.8 Å². The highest BCUT2D eigenvalue weighted by atomic mass is 16.7. The third kappa shape index (κ3) is 2.30. The summed E-state index contributed by atoms with van der Waals surface area (Å²) in [6.45, 7) is 7.82. The number of aliphatic hydroxyl groups is 1. The van der Waals surface area contributed by atoms with Gasteiger partial charge in [0.1, 0.15) is 0 Å². The van der Waals surface area contributed by atoms with Crippen LogP contribution in [-0.4, -0.2) is 29.7 Å². The second-order valence-electron chi connectivity index (χ2n) is 3.42. The zero-order chi connectivity index (χ0) is 9.19. The van der Waals surface area contributed by atoms with Gasteiger partial charge in [-0.3, -0.25) is 0 Å². The van der Waals surface area contributed by atoms with E-state index >= 15 is 0 Å². The van der Waals surface area contributed by atoms with E-state index in [9.17, 15) is 5.11 Å². The quantitative estimate of drug-likeness (QED) is 0.633. The van der Waals surface area contributed by atoms with Crippen molar-refractivity contribution in [1.29, 1.82) is 0 Å². The molecule has 0 bridgehead atoms. The van der Waals surface area contributed by atoms with Crippen LogP contribution in [0.2, 0.25) is 0 Å². The van der Waals surface area contributed by atoms with Gasteiger partial charge in [-0.2, -0.15) is 0 Å². The van der Waals surface area contributed by atoms with E-state index in [1.165, 1.54) is 6.08 Å². The Morgan fingerprint density at radius 1 is 1.67 bits per heavy atom. The Kier molecular flexibility index (Phi) is 2.88. The lowest BCUT2D eigenvalue weighted by atomic mass is 10.1. The molecule has 0 aromatic rings. The van der Waals surface area contributed by atoms with Crippen molar-refractivity contribution >= 4 is 0 Å². The first-order valence-electron chi connectivity index (χ1n) is 4.17. The zero-order valence-corrected chi connectivity index (χ0v) is 7.62. The molecule has 1 aliphatic rings. The minimum absolute atomic E-state index is 0.175. The van der Waals surface area contributed by atoms with E-state index in [1.54, 1.807) is 0 Å². The first kappa shape index (κ1) is 9.71. The Morgan fingerprint density at radius 3 is 2.83 bits per heavy atom. The Bertz CT molecular complexity index is 165. The monoisotopic (exact) mass is 172 g/mol. The van der Waals surface area contributed by atoms with Crippen LogP contribution in [-0.2, 0) is 9.47 Å². The molecule has 1 rings (SSSR count). The van der Waals surface area contributed by atoms with Gasteiger partial charge in [0.25, 0.3) is 0 Å². The van der Waals surface area contributed by atoms with Gasteiger partial charge in [-0.15, -0.1) is 6.58 Å². The fraction of sp³-hybridized carbons (Fsp3) is 0.778. The standard InChI is InChI=1S/C9H16O3/c1-4-7(10)8-5-6-11-9(2,3)12-8/h4,7-8,10H,1,5-6H2,2-3H3/t7-,8-/m1/s1. The summed E-state index contributed by atoms with van der Waals surface area (Å²) in [5, 5.41) is 9.42. The maximum Gasteiger partial charge on any atom is 0.163 e. The molecule has 0 saturated carbocycles. The predicted octanol–water partition coefficient (Wildman–Crippen LogP) is 1.07. The van der Waals surface area contributed by atoms with E-state index in [0.29, 0.717) is 6.61 Å². The van der Waals surface area contributed by atoms with Gasteiger partial charge < -0.3 is 14.6 Å². The van der Waals surface area contributed by atoms with Gasteiger partial charge in [0.15, 0.2) is 5.79 Å². The largest absolute Gasteiger partial charge is 0.386 e. The van der Waals surface area contributed by atoms with Crippen LogP contribution in [0.3, 0.4) is 0 Å². The van der Waals surface area contributed by atoms with E-state index in [2.05, 4.69) is 6.58 Å².